The van der Waals surface area contributed by atoms with Crippen LogP contribution >= 0.6 is 0 Å². The van der Waals surface area contributed by atoms with Gasteiger partial charge in [0, 0.05) is 29.4 Å². The van der Waals surface area contributed by atoms with Gasteiger partial charge >= 0.3 is 0 Å². The number of aromatic nitrogens is 1. The van der Waals surface area contributed by atoms with E-state index in [1.807, 2.05) is 22.9 Å². The summed E-state index contributed by atoms with van der Waals surface area (Å²) in [4.78, 5) is 14.6. The van der Waals surface area contributed by atoms with Gasteiger partial charge in [-0.2, -0.15) is 0 Å². The zero-order chi connectivity index (χ0) is 24.9. The van der Waals surface area contributed by atoms with Crippen molar-refractivity contribution in [3.8, 4) is 11.1 Å². The summed E-state index contributed by atoms with van der Waals surface area (Å²) in [6.45, 7) is 0.319. The predicted molar refractivity (Wildman–Crippen MR) is 132 cm³/mol. The van der Waals surface area contributed by atoms with Crippen LogP contribution in [0.4, 0.5) is 10.1 Å². The number of nitrogen functional groups attached to an aromatic ring is 1. The lowest BCUT2D eigenvalue weighted by Crippen LogP contribution is -2.28. The van der Waals surface area contributed by atoms with Crippen LogP contribution in [0, 0.1) is 11.2 Å². The molecular weight excluding hydrogens is 469 g/mol. The molecule has 1 aliphatic rings. The number of halogens is 1. The molecule has 0 radical (unpaired) electrons. The number of nitrogens with two attached hydrogens (primary N) is 2. The molecule has 4 aromatic rings. The molecule has 1 amide bonds. The first kappa shape index (κ1) is 22.8. The summed E-state index contributed by atoms with van der Waals surface area (Å²) >= 11 is 0. The molecule has 0 spiro atoms. The smallest absolute Gasteiger partial charge is 0.250 e. The number of nitrogens with zero attached hydrogens (tertiary/aromatic N) is 2. The highest BCUT2D eigenvalue weighted by molar-refractivity contribution is 7.89. The van der Waals surface area contributed by atoms with Gasteiger partial charge in [0.1, 0.15) is 17.7 Å². The predicted octanol–water partition coefficient (Wildman–Crippen LogP) is 3.36. The molecule has 1 unspecified atom stereocenters. The van der Waals surface area contributed by atoms with E-state index in [1.165, 1.54) is 23.1 Å². The zero-order valence-electron chi connectivity index (χ0n) is 18.5. The molecule has 5 rings (SSSR count). The van der Waals surface area contributed by atoms with Crippen molar-refractivity contribution in [1.29, 1.82) is 5.41 Å². The number of primary sulfonamides is 1. The van der Waals surface area contributed by atoms with Crippen molar-refractivity contribution >= 4 is 38.4 Å². The van der Waals surface area contributed by atoms with Crippen molar-refractivity contribution in [1.82, 2.24) is 4.57 Å². The average molecular weight is 492 g/mol. The van der Waals surface area contributed by atoms with E-state index in [-0.39, 0.29) is 27.9 Å². The van der Waals surface area contributed by atoms with Crippen LogP contribution in [0.2, 0.25) is 0 Å². The second-order valence-electron chi connectivity index (χ2n) is 8.41. The van der Waals surface area contributed by atoms with Crippen LogP contribution in [0.25, 0.3) is 22.0 Å². The second kappa shape index (κ2) is 8.33. The topological polar surface area (TPSA) is 135 Å². The monoisotopic (exact) mass is 491 g/mol. The van der Waals surface area contributed by atoms with E-state index < -0.39 is 21.9 Å². The fourth-order valence-electron chi connectivity index (χ4n) is 4.60. The molecule has 3 aromatic carbocycles. The Balaban J connectivity index is 1.47. The maximum absolute atomic E-state index is 15.2. The minimum absolute atomic E-state index is 0.0646. The molecule has 1 fully saturated rings. The van der Waals surface area contributed by atoms with Crippen molar-refractivity contribution < 1.29 is 17.6 Å². The Bertz CT molecular complexity index is 1610. The van der Waals surface area contributed by atoms with Crippen LogP contribution in [-0.4, -0.2) is 31.3 Å². The lowest BCUT2D eigenvalue weighted by atomic mass is 10.0. The molecule has 8 nitrogen and oxygen atoms in total. The molecule has 0 saturated carbocycles. The minimum atomic E-state index is -4.00. The van der Waals surface area contributed by atoms with Gasteiger partial charge < -0.3 is 15.2 Å². The van der Waals surface area contributed by atoms with E-state index in [4.69, 9.17) is 16.3 Å². The third-order valence-electron chi connectivity index (χ3n) is 6.29. The maximum atomic E-state index is 15.2. The van der Waals surface area contributed by atoms with Crippen molar-refractivity contribution in [2.75, 3.05) is 11.4 Å². The van der Waals surface area contributed by atoms with Gasteiger partial charge in [-0.1, -0.05) is 36.4 Å². The molecule has 35 heavy (non-hydrogen) atoms. The van der Waals surface area contributed by atoms with Gasteiger partial charge in [-0.3, -0.25) is 10.2 Å². The van der Waals surface area contributed by atoms with Crippen molar-refractivity contribution in [2.45, 2.75) is 17.4 Å². The van der Waals surface area contributed by atoms with Crippen LogP contribution in [0.5, 0.6) is 0 Å². The summed E-state index contributed by atoms with van der Waals surface area (Å²) in [5.41, 5.74) is 7.70. The van der Waals surface area contributed by atoms with Crippen LogP contribution < -0.4 is 15.8 Å². The Morgan fingerprint density at radius 1 is 1.06 bits per heavy atom. The highest BCUT2D eigenvalue weighted by atomic mass is 32.2. The number of hydrogen-bond acceptors (Lipinski definition) is 4. The summed E-state index contributed by atoms with van der Waals surface area (Å²) < 4.78 is 40.9. The number of anilines is 1. The molecule has 1 aromatic heterocycles. The molecule has 178 valence electrons. The Kier molecular flexibility index (Phi) is 5.42. The molecule has 1 aliphatic heterocycles. The first-order chi connectivity index (χ1) is 16.6. The van der Waals surface area contributed by atoms with Crippen molar-refractivity contribution in [3.63, 3.8) is 0 Å². The van der Waals surface area contributed by atoms with Gasteiger partial charge in [-0.25, -0.2) is 17.9 Å². The molecule has 1 saturated heterocycles. The van der Waals surface area contributed by atoms with Gasteiger partial charge in [-0.15, -0.1) is 0 Å². The Morgan fingerprint density at radius 2 is 1.83 bits per heavy atom. The van der Waals surface area contributed by atoms with Crippen LogP contribution in [0.15, 0.2) is 77.8 Å². The molecule has 0 aliphatic carbocycles. The van der Waals surface area contributed by atoms with E-state index >= 15 is 4.39 Å². The van der Waals surface area contributed by atoms with Crippen molar-refractivity contribution in [3.05, 3.63) is 84.3 Å². The lowest BCUT2D eigenvalue weighted by molar-refractivity contribution is -0.119. The third-order valence-corrected chi connectivity index (χ3v) is 7.26. The normalized spacial score (nSPS) is 16.2. The average Bonchev–Trinajstić information content (AvgIpc) is 3.41. The molecular formula is C25H22FN5O3S. The number of hydrogen-bond donors (Lipinski definition) is 3. The number of amidine groups is 1. The summed E-state index contributed by atoms with van der Waals surface area (Å²) in [6.07, 6.45) is 2.28. The quantitative estimate of drug-likeness (QED) is 0.291. The van der Waals surface area contributed by atoms with E-state index in [1.54, 1.807) is 36.4 Å². The number of amides is 1. The highest BCUT2D eigenvalue weighted by Crippen LogP contribution is 2.35. The van der Waals surface area contributed by atoms with Gasteiger partial charge in [-0.05, 0) is 47.7 Å². The Labute approximate surface area is 201 Å². The van der Waals surface area contributed by atoms with Gasteiger partial charge in [0.2, 0.25) is 15.9 Å². The highest BCUT2D eigenvalue weighted by Gasteiger charge is 2.35. The van der Waals surface area contributed by atoms with Crippen LogP contribution in [-0.2, 0) is 14.8 Å². The number of carbonyl (C=O) groups excluding carboxylic acids is 1. The summed E-state index contributed by atoms with van der Waals surface area (Å²) in [5, 5.41) is 13.9. The maximum Gasteiger partial charge on any atom is 0.250 e. The first-order valence-electron chi connectivity index (χ1n) is 10.8. The first-order valence-corrected chi connectivity index (χ1v) is 12.4. The summed E-state index contributed by atoms with van der Waals surface area (Å²) in [5.74, 6) is -0.963. The number of benzene rings is 3. The molecule has 1 atom stereocenters. The molecule has 10 heteroatoms. The van der Waals surface area contributed by atoms with E-state index in [9.17, 15) is 13.2 Å². The molecule has 0 bridgehead atoms. The van der Waals surface area contributed by atoms with E-state index in [2.05, 4.69) is 0 Å². The van der Waals surface area contributed by atoms with Gasteiger partial charge in [0.25, 0.3) is 0 Å². The standard InChI is InChI=1S/C25H22FN5O3S/c26-19-13-16(18-3-1-2-4-23(18)35(29,33)34)7-8-20(19)31-12-10-21(25(31)32)30-11-9-15-5-6-17(24(27)28)14-22(15)30/h1-9,11,13-14,21H,10,12H2,(H3,27,28)(H2,29,33,34). The Morgan fingerprint density at radius 3 is 2.54 bits per heavy atom. The van der Waals surface area contributed by atoms with Crippen molar-refractivity contribution in [2.24, 2.45) is 10.9 Å². The lowest BCUT2D eigenvalue weighted by Gasteiger charge is -2.19. The number of carbonyl (C=O) groups is 1. The number of sulfonamides is 1. The fourth-order valence-corrected chi connectivity index (χ4v) is 5.36. The minimum Gasteiger partial charge on any atom is -0.384 e. The van der Waals surface area contributed by atoms with E-state index in [0.29, 0.717) is 24.1 Å². The summed E-state index contributed by atoms with van der Waals surface area (Å²) in [6, 6.07) is 17.1. The van der Waals surface area contributed by atoms with Gasteiger partial charge in [0.05, 0.1) is 10.6 Å². The fraction of sp³-hybridized carbons (Fsp3) is 0.120. The van der Waals surface area contributed by atoms with Gasteiger partial charge in [0.15, 0.2) is 0 Å². The largest absolute Gasteiger partial charge is 0.384 e. The molecule has 5 N–H and O–H groups in total. The number of rotatable bonds is 5. The third kappa shape index (κ3) is 3.96. The van der Waals surface area contributed by atoms with Crippen LogP contribution in [0.3, 0.4) is 0 Å². The van der Waals surface area contributed by atoms with E-state index in [0.717, 1.165) is 10.9 Å². The molecule has 2 heterocycles. The summed E-state index contributed by atoms with van der Waals surface area (Å²) in [7, 11) is -4.00. The van der Waals surface area contributed by atoms with Crippen LogP contribution in [0.1, 0.15) is 18.0 Å². The SMILES string of the molecule is N=C(N)c1ccc2ccn(C3CCN(c4ccc(-c5ccccc5S(N)(=O)=O)cc4F)C3=O)c2c1. The number of fused-ring (bicyclic) bond motifs is 1. The number of nitrogens with one attached hydrogen (secondary N) is 1. The Hall–Kier alpha value is -4.02. The second-order valence-corrected chi connectivity index (χ2v) is 9.94. The zero-order valence-corrected chi connectivity index (χ0v) is 19.3.